The third kappa shape index (κ3) is 2.07. The van der Waals surface area contributed by atoms with Gasteiger partial charge in [0.05, 0.1) is 0 Å². The molecule has 0 spiro atoms. The van der Waals surface area contributed by atoms with Crippen LogP contribution in [-0.2, 0) is 0 Å². The lowest BCUT2D eigenvalue weighted by Crippen LogP contribution is -2.47. The van der Waals surface area contributed by atoms with Crippen molar-refractivity contribution >= 4 is 0 Å². The first kappa shape index (κ1) is 9.51. The van der Waals surface area contributed by atoms with Crippen LogP contribution in [0.4, 0.5) is 0 Å². The van der Waals surface area contributed by atoms with Gasteiger partial charge in [0.25, 0.3) is 0 Å². The number of fused-ring (bicyclic) bond motifs is 2. The number of rotatable bonds is 3. The molecule has 2 saturated carbocycles. The number of hydrogen-bond acceptors (Lipinski definition) is 1. The lowest BCUT2D eigenvalue weighted by molar-refractivity contribution is 0.124. The Morgan fingerprint density at radius 2 is 1.54 bits per heavy atom. The molecule has 0 atom stereocenters. The topological polar surface area (TPSA) is 12.0 Å². The summed E-state index contributed by atoms with van der Waals surface area (Å²) in [6.07, 6.45) is 10.3. The highest BCUT2D eigenvalue weighted by Crippen LogP contribution is 2.39. The molecule has 0 aromatic carbocycles. The van der Waals surface area contributed by atoms with Crippen LogP contribution in [0, 0.1) is 11.8 Å². The minimum Gasteiger partial charge on any atom is -0.313 e. The van der Waals surface area contributed by atoms with E-state index in [0.29, 0.717) is 0 Å². The summed E-state index contributed by atoms with van der Waals surface area (Å²) in [6, 6.07) is 0.891. The second-order valence-corrected chi connectivity index (χ2v) is 4.86. The van der Waals surface area contributed by atoms with Crippen molar-refractivity contribution < 1.29 is 0 Å². The fourth-order valence-corrected chi connectivity index (χ4v) is 3.32. The van der Waals surface area contributed by atoms with Crippen molar-refractivity contribution in [2.75, 3.05) is 6.54 Å². The highest BCUT2D eigenvalue weighted by atomic mass is 14.9. The fourth-order valence-electron chi connectivity index (χ4n) is 3.32. The molecule has 0 aromatic rings. The summed E-state index contributed by atoms with van der Waals surface area (Å²) < 4.78 is 0. The molecule has 1 N–H and O–H groups in total. The van der Waals surface area contributed by atoms with Crippen molar-refractivity contribution in [2.45, 2.75) is 57.9 Å². The van der Waals surface area contributed by atoms with Gasteiger partial charge in [-0.25, -0.2) is 0 Å². The predicted molar refractivity (Wildman–Crippen MR) is 56.8 cm³/mol. The van der Waals surface area contributed by atoms with E-state index in [0.717, 1.165) is 17.9 Å². The van der Waals surface area contributed by atoms with Crippen molar-refractivity contribution in [3.8, 4) is 0 Å². The average molecular weight is 181 g/mol. The van der Waals surface area contributed by atoms with Crippen LogP contribution in [0.5, 0.6) is 0 Å². The Balaban J connectivity index is 1.90. The van der Waals surface area contributed by atoms with Gasteiger partial charge in [0.1, 0.15) is 0 Å². The molecule has 1 heteroatoms. The molecule has 0 radical (unpaired) electrons. The molecule has 0 aromatic heterocycles. The van der Waals surface area contributed by atoms with E-state index < -0.39 is 0 Å². The maximum absolute atomic E-state index is 3.77. The molecule has 0 aliphatic heterocycles. The third-order valence-electron chi connectivity index (χ3n) is 3.95. The molecule has 0 amide bonds. The Morgan fingerprint density at radius 1 is 1.00 bits per heavy atom. The van der Waals surface area contributed by atoms with Crippen LogP contribution in [0.15, 0.2) is 0 Å². The third-order valence-corrected chi connectivity index (χ3v) is 3.95. The van der Waals surface area contributed by atoms with Gasteiger partial charge in [0.2, 0.25) is 0 Å². The van der Waals surface area contributed by atoms with E-state index in [1.165, 1.54) is 51.5 Å². The van der Waals surface area contributed by atoms with Crippen molar-refractivity contribution in [1.82, 2.24) is 5.32 Å². The van der Waals surface area contributed by atoms with Crippen LogP contribution in [0.2, 0.25) is 0 Å². The van der Waals surface area contributed by atoms with E-state index in [1.807, 2.05) is 0 Å². The molecule has 1 nitrogen and oxygen atoms in total. The maximum atomic E-state index is 3.77. The summed E-state index contributed by atoms with van der Waals surface area (Å²) in [5.74, 6) is 2.05. The smallest absolute Gasteiger partial charge is 0.0124 e. The van der Waals surface area contributed by atoms with Crippen LogP contribution < -0.4 is 5.32 Å². The van der Waals surface area contributed by atoms with Gasteiger partial charge in [-0.15, -0.1) is 0 Å². The summed E-state index contributed by atoms with van der Waals surface area (Å²) in [4.78, 5) is 0. The van der Waals surface area contributed by atoms with Crippen molar-refractivity contribution in [1.29, 1.82) is 0 Å². The standard InChI is InChI=1S/C12H23N/c1-2-9-13-12-10-5-3-6-11(12)8-4-7-10/h10-13H,2-9H2,1H3. The highest BCUT2D eigenvalue weighted by molar-refractivity contribution is 4.90. The molecule has 2 bridgehead atoms. The second-order valence-electron chi connectivity index (χ2n) is 4.86. The molecule has 0 saturated heterocycles. The number of hydrogen-bond donors (Lipinski definition) is 1. The zero-order chi connectivity index (χ0) is 9.10. The van der Waals surface area contributed by atoms with Crippen LogP contribution in [0.25, 0.3) is 0 Å². The van der Waals surface area contributed by atoms with E-state index in [1.54, 1.807) is 0 Å². The Bertz CT molecular complexity index is 133. The van der Waals surface area contributed by atoms with E-state index in [2.05, 4.69) is 12.2 Å². The van der Waals surface area contributed by atoms with Gasteiger partial charge in [-0.05, 0) is 50.5 Å². The molecule has 13 heavy (non-hydrogen) atoms. The van der Waals surface area contributed by atoms with Crippen LogP contribution in [0.3, 0.4) is 0 Å². The molecule has 2 rings (SSSR count). The molecular weight excluding hydrogens is 158 g/mol. The Hall–Kier alpha value is -0.0400. The summed E-state index contributed by atoms with van der Waals surface area (Å²) in [6.45, 7) is 3.50. The molecule has 76 valence electrons. The maximum Gasteiger partial charge on any atom is 0.0124 e. The van der Waals surface area contributed by atoms with Gasteiger partial charge in [-0.3, -0.25) is 0 Å². The predicted octanol–water partition coefficient (Wildman–Crippen LogP) is 2.95. The molecule has 2 aliphatic carbocycles. The summed E-state index contributed by atoms with van der Waals surface area (Å²) in [5, 5.41) is 3.77. The second kappa shape index (κ2) is 4.45. The van der Waals surface area contributed by atoms with Crippen LogP contribution in [0.1, 0.15) is 51.9 Å². The van der Waals surface area contributed by atoms with E-state index in [9.17, 15) is 0 Å². The summed E-state index contributed by atoms with van der Waals surface area (Å²) in [7, 11) is 0. The molecule has 0 unspecified atom stereocenters. The molecular formula is C12H23N. The summed E-state index contributed by atoms with van der Waals surface area (Å²) >= 11 is 0. The van der Waals surface area contributed by atoms with Gasteiger partial charge in [-0.1, -0.05) is 19.8 Å². The average Bonchev–Trinajstić information content (AvgIpc) is 2.14. The molecule has 2 aliphatic rings. The minimum absolute atomic E-state index is 0.891. The Kier molecular flexibility index (Phi) is 3.26. The first-order valence-corrected chi connectivity index (χ1v) is 6.15. The molecule has 0 heterocycles. The van der Waals surface area contributed by atoms with E-state index >= 15 is 0 Å². The quantitative estimate of drug-likeness (QED) is 0.706. The minimum atomic E-state index is 0.891. The first-order valence-electron chi connectivity index (χ1n) is 6.15. The van der Waals surface area contributed by atoms with Gasteiger partial charge in [0.15, 0.2) is 0 Å². The van der Waals surface area contributed by atoms with Gasteiger partial charge in [-0.2, -0.15) is 0 Å². The van der Waals surface area contributed by atoms with Crippen molar-refractivity contribution in [3.63, 3.8) is 0 Å². The molecule has 2 fully saturated rings. The zero-order valence-electron chi connectivity index (χ0n) is 8.89. The van der Waals surface area contributed by atoms with Crippen LogP contribution in [-0.4, -0.2) is 12.6 Å². The Labute approximate surface area is 82.3 Å². The van der Waals surface area contributed by atoms with Crippen LogP contribution >= 0.6 is 0 Å². The number of nitrogens with one attached hydrogen (secondary N) is 1. The largest absolute Gasteiger partial charge is 0.313 e. The highest BCUT2D eigenvalue weighted by Gasteiger charge is 2.35. The van der Waals surface area contributed by atoms with E-state index in [-0.39, 0.29) is 0 Å². The zero-order valence-corrected chi connectivity index (χ0v) is 8.89. The first-order chi connectivity index (χ1) is 6.42. The summed E-state index contributed by atoms with van der Waals surface area (Å²) in [5.41, 5.74) is 0. The monoisotopic (exact) mass is 181 g/mol. The lowest BCUT2D eigenvalue weighted by Gasteiger charge is -2.43. The van der Waals surface area contributed by atoms with E-state index in [4.69, 9.17) is 0 Å². The van der Waals surface area contributed by atoms with Gasteiger partial charge in [0, 0.05) is 6.04 Å². The SMILES string of the molecule is CCCNC1C2CCCC1CCC2. The van der Waals surface area contributed by atoms with Crippen molar-refractivity contribution in [3.05, 3.63) is 0 Å². The van der Waals surface area contributed by atoms with Gasteiger partial charge >= 0.3 is 0 Å². The Morgan fingerprint density at radius 3 is 2.00 bits per heavy atom. The fraction of sp³-hybridized carbons (Fsp3) is 1.00. The van der Waals surface area contributed by atoms with Gasteiger partial charge < -0.3 is 5.32 Å². The lowest BCUT2D eigenvalue weighted by atomic mass is 9.68. The normalized spacial score (nSPS) is 39.0. The van der Waals surface area contributed by atoms with Crippen molar-refractivity contribution in [2.24, 2.45) is 11.8 Å².